The first-order chi connectivity index (χ1) is 5.85. The maximum Gasteiger partial charge on any atom is 0.168 e. The molecule has 1 spiro atoms. The van der Waals surface area contributed by atoms with Crippen LogP contribution in [0.2, 0.25) is 0 Å². The number of ether oxygens (including phenoxy) is 2. The van der Waals surface area contributed by atoms with Crippen molar-refractivity contribution in [2.45, 2.75) is 44.0 Å². The van der Waals surface area contributed by atoms with Crippen molar-refractivity contribution in [3.63, 3.8) is 0 Å². The first-order valence-corrected chi connectivity index (χ1v) is 4.77. The molecule has 3 nitrogen and oxygen atoms in total. The highest BCUT2D eigenvalue weighted by atomic mass is 16.7. The molecule has 2 heterocycles. The molecule has 12 heavy (non-hydrogen) atoms. The van der Waals surface area contributed by atoms with Crippen LogP contribution in [-0.4, -0.2) is 30.2 Å². The average molecular weight is 172 g/mol. The van der Waals surface area contributed by atoms with Crippen molar-refractivity contribution in [3.05, 3.63) is 0 Å². The molecule has 0 radical (unpaired) electrons. The normalized spacial score (nSPS) is 41.2. The fourth-order valence-corrected chi connectivity index (χ4v) is 2.11. The van der Waals surface area contributed by atoms with Gasteiger partial charge in [0, 0.05) is 19.4 Å². The topological polar surface area (TPSA) is 38.7 Å². The van der Waals surface area contributed by atoms with E-state index < -0.39 is 0 Å². The van der Waals surface area contributed by atoms with E-state index in [1.165, 1.54) is 0 Å². The fraction of sp³-hybridized carbons (Fsp3) is 1.00. The van der Waals surface area contributed by atoms with Crippen LogP contribution >= 0.6 is 0 Å². The zero-order chi connectivity index (χ0) is 8.44. The van der Waals surface area contributed by atoms with Gasteiger partial charge in [0.2, 0.25) is 0 Å². The highest BCUT2D eigenvalue weighted by molar-refractivity contribution is 4.84. The molecule has 0 amide bonds. The minimum atomic E-state index is -0.250. The van der Waals surface area contributed by atoms with Gasteiger partial charge in [-0.15, -0.1) is 0 Å². The number of aliphatic hydroxyl groups excluding tert-OH is 1. The lowest BCUT2D eigenvalue weighted by molar-refractivity contribution is -0.200. The summed E-state index contributed by atoms with van der Waals surface area (Å²) >= 11 is 0. The maximum absolute atomic E-state index is 8.74. The van der Waals surface area contributed by atoms with Gasteiger partial charge in [0.1, 0.15) is 0 Å². The molecule has 3 heteroatoms. The molecule has 0 unspecified atom stereocenters. The van der Waals surface area contributed by atoms with Crippen LogP contribution in [0.3, 0.4) is 0 Å². The molecule has 2 rings (SSSR count). The lowest BCUT2D eigenvalue weighted by atomic mass is 10.1. The molecular formula is C9H16O3. The second-order valence-electron chi connectivity index (χ2n) is 3.65. The minimum absolute atomic E-state index is 0.223. The zero-order valence-corrected chi connectivity index (χ0v) is 7.29. The number of aliphatic hydroxyl groups is 1. The number of rotatable bonds is 2. The lowest BCUT2D eigenvalue weighted by Crippen LogP contribution is -2.27. The van der Waals surface area contributed by atoms with Crippen LogP contribution in [0.4, 0.5) is 0 Å². The van der Waals surface area contributed by atoms with Gasteiger partial charge in [-0.05, 0) is 19.3 Å². The third-order valence-electron chi connectivity index (χ3n) is 2.75. The van der Waals surface area contributed by atoms with Crippen LogP contribution < -0.4 is 0 Å². The molecule has 2 aliphatic heterocycles. The highest BCUT2D eigenvalue weighted by Crippen LogP contribution is 2.39. The van der Waals surface area contributed by atoms with Crippen LogP contribution in [0.1, 0.15) is 32.1 Å². The van der Waals surface area contributed by atoms with E-state index in [4.69, 9.17) is 14.6 Å². The van der Waals surface area contributed by atoms with Gasteiger partial charge in [0.15, 0.2) is 5.79 Å². The highest BCUT2D eigenvalue weighted by Gasteiger charge is 2.43. The Morgan fingerprint density at radius 3 is 3.00 bits per heavy atom. The van der Waals surface area contributed by atoms with E-state index in [-0.39, 0.29) is 18.5 Å². The summed E-state index contributed by atoms with van der Waals surface area (Å²) in [6, 6.07) is 0. The quantitative estimate of drug-likeness (QED) is 0.676. The summed E-state index contributed by atoms with van der Waals surface area (Å²) in [7, 11) is 0. The third-order valence-corrected chi connectivity index (χ3v) is 2.75. The second-order valence-corrected chi connectivity index (χ2v) is 3.65. The van der Waals surface area contributed by atoms with E-state index in [1.54, 1.807) is 0 Å². The van der Waals surface area contributed by atoms with Crippen molar-refractivity contribution in [3.8, 4) is 0 Å². The molecule has 2 saturated heterocycles. The summed E-state index contributed by atoms with van der Waals surface area (Å²) in [5.41, 5.74) is 0. The predicted octanol–water partition coefficient (Wildman–Crippen LogP) is 1.05. The van der Waals surface area contributed by atoms with E-state index in [9.17, 15) is 0 Å². The van der Waals surface area contributed by atoms with Gasteiger partial charge in [-0.3, -0.25) is 0 Å². The van der Waals surface area contributed by atoms with Crippen molar-refractivity contribution >= 4 is 0 Å². The van der Waals surface area contributed by atoms with Crippen LogP contribution in [0.5, 0.6) is 0 Å². The second kappa shape index (κ2) is 3.32. The first-order valence-electron chi connectivity index (χ1n) is 4.77. The first kappa shape index (κ1) is 8.48. The Hall–Kier alpha value is -0.120. The standard InChI is InChI=1S/C9H16O3/c10-6-3-8-2-5-9(12-8)4-1-7-11-9/h8,10H,1-7H2/t8-,9-/m1/s1. The summed E-state index contributed by atoms with van der Waals surface area (Å²) in [6.07, 6.45) is 5.19. The van der Waals surface area contributed by atoms with Gasteiger partial charge in [0.05, 0.1) is 12.7 Å². The summed E-state index contributed by atoms with van der Waals surface area (Å²) in [4.78, 5) is 0. The molecule has 2 aliphatic rings. The summed E-state index contributed by atoms with van der Waals surface area (Å²) < 4.78 is 11.3. The van der Waals surface area contributed by atoms with Crippen molar-refractivity contribution in [2.75, 3.05) is 13.2 Å². The van der Waals surface area contributed by atoms with Gasteiger partial charge in [0.25, 0.3) is 0 Å². The van der Waals surface area contributed by atoms with Crippen molar-refractivity contribution in [1.29, 1.82) is 0 Å². The van der Waals surface area contributed by atoms with E-state index in [1.807, 2.05) is 0 Å². The largest absolute Gasteiger partial charge is 0.396 e. The summed E-state index contributed by atoms with van der Waals surface area (Å²) in [5.74, 6) is -0.250. The molecule has 70 valence electrons. The minimum Gasteiger partial charge on any atom is -0.396 e. The van der Waals surface area contributed by atoms with Gasteiger partial charge in [-0.2, -0.15) is 0 Å². The van der Waals surface area contributed by atoms with E-state index in [0.29, 0.717) is 0 Å². The van der Waals surface area contributed by atoms with Crippen molar-refractivity contribution < 1.29 is 14.6 Å². The molecule has 0 aromatic rings. The summed E-state index contributed by atoms with van der Waals surface area (Å²) in [5, 5.41) is 8.74. The molecule has 0 bridgehead atoms. The monoisotopic (exact) mass is 172 g/mol. The molecular weight excluding hydrogens is 156 g/mol. The van der Waals surface area contributed by atoms with Crippen LogP contribution in [-0.2, 0) is 9.47 Å². The van der Waals surface area contributed by atoms with E-state index >= 15 is 0 Å². The Morgan fingerprint density at radius 2 is 2.33 bits per heavy atom. The Morgan fingerprint density at radius 1 is 1.42 bits per heavy atom. The molecule has 2 atom stereocenters. The van der Waals surface area contributed by atoms with Crippen LogP contribution in [0, 0.1) is 0 Å². The third kappa shape index (κ3) is 1.49. The Labute approximate surface area is 72.7 Å². The molecule has 0 aromatic heterocycles. The smallest absolute Gasteiger partial charge is 0.168 e. The van der Waals surface area contributed by atoms with Crippen LogP contribution in [0.15, 0.2) is 0 Å². The van der Waals surface area contributed by atoms with Crippen LogP contribution in [0.25, 0.3) is 0 Å². The predicted molar refractivity (Wildman–Crippen MR) is 43.7 cm³/mol. The Bertz CT molecular complexity index is 152. The van der Waals surface area contributed by atoms with Gasteiger partial charge >= 0.3 is 0 Å². The lowest BCUT2D eigenvalue weighted by Gasteiger charge is -2.22. The van der Waals surface area contributed by atoms with Gasteiger partial charge in [-0.25, -0.2) is 0 Å². The fourth-order valence-electron chi connectivity index (χ4n) is 2.11. The molecule has 1 N–H and O–H groups in total. The summed E-state index contributed by atoms with van der Waals surface area (Å²) in [6.45, 7) is 1.06. The SMILES string of the molecule is OCC[C@H]1CC[C@@]2(CCCO2)O1. The molecule has 0 saturated carbocycles. The van der Waals surface area contributed by atoms with Gasteiger partial charge in [-0.1, -0.05) is 0 Å². The Kier molecular flexibility index (Phi) is 2.35. The molecule has 0 aromatic carbocycles. The van der Waals surface area contributed by atoms with Crippen molar-refractivity contribution in [1.82, 2.24) is 0 Å². The molecule has 2 fully saturated rings. The van der Waals surface area contributed by atoms with Crippen molar-refractivity contribution in [2.24, 2.45) is 0 Å². The number of hydrogen-bond acceptors (Lipinski definition) is 3. The maximum atomic E-state index is 8.74. The van der Waals surface area contributed by atoms with Gasteiger partial charge < -0.3 is 14.6 Å². The van der Waals surface area contributed by atoms with E-state index in [2.05, 4.69) is 0 Å². The number of hydrogen-bond donors (Lipinski definition) is 1. The zero-order valence-electron chi connectivity index (χ0n) is 7.29. The average Bonchev–Trinajstić information content (AvgIpc) is 2.65. The molecule has 0 aliphatic carbocycles. The Balaban J connectivity index is 1.88. The van der Waals surface area contributed by atoms with E-state index in [0.717, 1.165) is 38.7 Å².